The first-order valence-electron chi connectivity index (χ1n) is 10.0. The van der Waals surface area contributed by atoms with Crippen molar-refractivity contribution in [3.8, 4) is 11.1 Å². The zero-order valence-corrected chi connectivity index (χ0v) is 17.5. The molecule has 3 aliphatic heterocycles. The highest BCUT2D eigenvalue weighted by Gasteiger charge is 2.33. The summed E-state index contributed by atoms with van der Waals surface area (Å²) in [4.78, 5) is 14.6. The van der Waals surface area contributed by atoms with Gasteiger partial charge in [0, 0.05) is 51.2 Å². The van der Waals surface area contributed by atoms with Crippen LogP contribution >= 0.6 is 0 Å². The standard InChI is InChI=1S/C22H24N4O2S/c1-25-11-3-5-21(25)23-15-7-9-19-17(13-15)18-14-16(8-10-20(18)29(19,27)28)24-22-6-4-12-26(22)2/h7-10,13-14H,3-6,11-12H2,1-2H3. The smallest absolute Gasteiger partial charge is 0.207 e. The molecule has 0 amide bonds. The van der Waals surface area contributed by atoms with E-state index in [2.05, 4.69) is 9.80 Å². The molecule has 0 radical (unpaired) electrons. The largest absolute Gasteiger partial charge is 0.363 e. The van der Waals surface area contributed by atoms with E-state index in [1.165, 1.54) is 0 Å². The van der Waals surface area contributed by atoms with Gasteiger partial charge in [-0.3, -0.25) is 0 Å². The predicted molar refractivity (Wildman–Crippen MR) is 115 cm³/mol. The molecule has 29 heavy (non-hydrogen) atoms. The van der Waals surface area contributed by atoms with Gasteiger partial charge in [0.15, 0.2) is 0 Å². The zero-order chi connectivity index (χ0) is 20.2. The maximum atomic E-state index is 13.0. The summed E-state index contributed by atoms with van der Waals surface area (Å²) in [6, 6.07) is 10.8. The first-order chi connectivity index (χ1) is 13.9. The number of hydrogen-bond donors (Lipinski definition) is 0. The van der Waals surface area contributed by atoms with Gasteiger partial charge in [-0.05, 0) is 49.2 Å². The summed E-state index contributed by atoms with van der Waals surface area (Å²) < 4.78 is 26.0. The topological polar surface area (TPSA) is 65.3 Å². The van der Waals surface area contributed by atoms with Crippen molar-refractivity contribution in [2.75, 3.05) is 27.2 Å². The van der Waals surface area contributed by atoms with Crippen LogP contribution in [0.1, 0.15) is 25.7 Å². The normalized spacial score (nSPS) is 22.6. The van der Waals surface area contributed by atoms with E-state index >= 15 is 0 Å². The van der Waals surface area contributed by atoms with Crippen molar-refractivity contribution in [3.63, 3.8) is 0 Å². The second kappa shape index (κ2) is 6.69. The summed E-state index contributed by atoms with van der Waals surface area (Å²) in [7, 11) is 0.600. The molecule has 5 rings (SSSR count). The number of hydrogen-bond acceptors (Lipinski definition) is 4. The van der Waals surface area contributed by atoms with E-state index in [-0.39, 0.29) is 0 Å². The van der Waals surface area contributed by atoms with E-state index in [1.807, 2.05) is 26.2 Å². The third-order valence-corrected chi connectivity index (χ3v) is 7.85. The van der Waals surface area contributed by atoms with Gasteiger partial charge in [0.1, 0.15) is 11.7 Å². The van der Waals surface area contributed by atoms with Gasteiger partial charge >= 0.3 is 0 Å². The summed E-state index contributed by atoms with van der Waals surface area (Å²) >= 11 is 0. The Kier molecular flexibility index (Phi) is 4.24. The van der Waals surface area contributed by atoms with Crippen LogP contribution in [0, 0.1) is 0 Å². The van der Waals surface area contributed by atoms with Gasteiger partial charge < -0.3 is 9.80 Å². The van der Waals surface area contributed by atoms with Gasteiger partial charge in [0.2, 0.25) is 9.84 Å². The van der Waals surface area contributed by atoms with Crippen LogP contribution in [0.3, 0.4) is 0 Å². The van der Waals surface area contributed by atoms with Crippen LogP contribution in [-0.2, 0) is 9.84 Å². The maximum Gasteiger partial charge on any atom is 0.207 e. The van der Waals surface area contributed by atoms with Gasteiger partial charge in [-0.1, -0.05) is 0 Å². The Morgan fingerprint density at radius 3 is 1.59 bits per heavy atom. The molecule has 0 atom stereocenters. The van der Waals surface area contributed by atoms with Crippen LogP contribution in [0.15, 0.2) is 56.2 Å². The molecule has 2 aromatic carbocycles. The molecule has 7 heteroatoms. The van der Waals surface area contributed by atoms with Gasteiger partial charge in [0.05, 0.1) is 21.2 Å². The molecule has 150 valence electrons. The lowest BCUT2D eigenvalue weighted by Crippen LogP contribution is -2.18. The molecule has 0 aliphatic carbocycles. The number of likely N-dealkylation sites (tertiary alicyclic amines) is 2. The molecule has 2 fully saturated rings. The second-order valence-electron chi connectivity index (χ2n) is 7.97. The van der Waals surface area contributed by atoms with Gasteiger partial charge in [-0.15, -0.1) is 0 Å². The van der Waals surface area contributed by atoms with Crippen LogP contribution in [0.4, 0.5) is 11.4 Å². The Morgan fingerprint density at radius 1 is 0.759 bits per heavy atom. The Balaban J connectivity index is 1.60. The van der Waals surface area contributed by atoms with Crippen molar-refractivity contribution < 1.29 is 8.42 Å². The van der Waals surface area contributed by atoms with Gasteiger partial charge in [-0.25, -0.2) is 18.4 Å². The average molecular weight is 409 g/mol. The van der Waals surface area contributed by atoms with Crippen LogP contribution < -0.4 is 0 Å². The molecule has 3 heterocycles. The minimum atomic E-state index is -3.49. The summed E-state index contributed by atoms with van der Waals surface area (Å²) in [5, 5.41) is 0. The third kappa shape index (κ3) is 3.04. The summed E-state index contributed by atoms with van der Waals surface area (Å²) in [5.41, 5.74) is 3.04. The molecular weight excluding hydrogens is 384 g/mol. The number of fused-ring (bicyclic) bond motifs is 3. The lowest BCUT2D eigenvalue weighted by molar-refractivity contribution is 0.550. The van der Waals surface area contributed by atoms with E-state index in [0.29, 0.717) is 9.79 Å². The number of benzene rings is 2. The fourth-order valence-electron chi connectivity index (χ4n) is 4.35. The van der Waals surface area contributed by atoms with Crippen molar-refractivity contribution in [2.24, 2.45) is 9.98 Å². The number of sulfone groups is 1. The fourth-order valence-corrected chi connectivity index (χ4v) is 6.00. The Bertz CT molecular complexity index is 1080. The Morgan fingerprint density at radius 2 is 1.21 bits per heavy atom. The first kappa shape index (κ1) is 18.4. The summed E-state index contributed by atoms with van der Waals surface area (Å²) in [5.74, 6) is 2.10. The Labute approximate surface area is 171 Å². The summed E-state index contributed by atoms with van der Waals surface area (Å²) in [6.45, 7) is 2.03. The summed E-state index contributed by atoms with van der Waals surface area (Å²) in [6.07, 6.45) is 4.13. The maximum absolute atomic E-state index is 13.0. The van der Waals surface area contributed by atoms with Crippen LogP contribution in [0.25, 0.3) is 11.1 Å². The van der Waals surface area contributed by atoms with E-state index < -0.39 is 9.84 Å². The van der Waals surface area contributed by atoms with Crippen molar-refractivity contribution in [1.29, 1.82) is 0 Å². The van der Waals surface area contributed by atoms with Crippen molar-refractivity contribution >= 4 is 32.9 Å². The van der Waals surface area contributed by atoms with Gasteiger partial charge in [-0.2, -0.15) is 0 Å². The highest BCUT2D eigenvalue weighted by molar-refractivity contribution is 7.92. The lowest BCUT2D eigenvalue weighted by atomic mass is 10.0. The van der Waals surface area contributed by atoms with E-state index in [4.69, 9.17) is 9.98 Å². The molecule has 0 N–H and O–H groups in total. The van der Waals surface area contributed by atoms with Crippen LogP contribution in [-0.4, -0.2) is 57.1 Å². The predicted octanol–water partition coefficient (Wildman–Crippen LogP) is 4.01. The minimum Gasteiger partial charge on any atom is -0.363 e. The van der Waals surface area contributed by atoms with E-state index in [0.717, 1.165) is 72.9 Å². The van der Waals surface area contributed by atoms with Crippen molar-refractivity contribution in [3.05, 3.63) is 36.4 Å². The molecule has 2 aromatic rings. The molecule has 6 nitrogen and oxygen atoms in total. The van der Waals surface area contributed by atoms with Crippen LogP contribution in [0.5, 0.6) is 0 Å². The highest BCUT2D eigenvalue weighted by atomic mass is 32.2. The molecule has 0 unspecified atom stereocenters. The number of aliphatic imine (C=N–C) groups is 2. The quantitative estimate of drug-likeness (QED) is 0.643. The van der Waals surface area contributed by atoms with E-state index in [1.54, 1.807) is 24.3 Å². The second-order valence-corrected chi connectivity index (χ2v) is 9.86. The van der Waals surface area contributed by atoms with Crippen molar-refractivity contribution in [1.82, 2.24) is 9.80 Å². The monoisotopic (exact) mass is 408 g/mol. The van der Waals surface area contributed by atoms with Crippen LogP contribution in [0.2, 0.25) is 0 Å². The lowest BCUT2D eigenvalue weighted by Gasteiger charge is -2.11. The SMILES string of the molecule is CN1CCCC1=Nc1ccc2c(c1)-c1cc(N=C3CCCN3C)ccc1S2(=O)=O. The third-order valence-electron chi connectivity index (χ3n) is 5.98. The highest BCUT2D eigenvalue weighted by Crippen LogP contribution is 2.46. The molecule has 0 aromatic heterocycles. The molecule has 0 spiro atoms. The molecule has 3 aliphatic rings. The minimum absolute atomic E-state index is 0.360. The molecular formula is C22H24N4O2S. The van der Waals surface area contributed by atoms with Gasteiger partial charge in [0.25, 0.3) is 0 Å². The molecule has 2 saturated heterocycles. The number of rotatable bonds is 2. The number of nitrogens with zero attached hydrogens (tertiary/aromatic N) is 4. The fraction of sp³-hybridized carbons (Fsp3) is 0.364. The van der Waals surface area contributed by atoms with Crippen molar-refractivity contribution in [2.45, 2.75) is 35.5 Å². The molecule has 0 bridgehead atoms. The van der Waals surface area contributed by atoms with E-state index in [9.17, 15) is 8.42 Å². The average Bonchev–Trinajstić information content (AvgIpc) is 3.34. The number of amidine groups is 2. The molecule has 0 saturated carbocycles. The first-order valence-corrected chi connectivity index (χ1v) is 11.5. The zero-order valence-electron chi connectivity index (χ0n) is 16.7. The Hall–Kier alpha value is -2.67.